The highest BCUT2D eigenvalue weighted by Gasteiger charge is 2.15. The Morgan fingerprint density at radius 1 is 1.35 bits per heavy atom. The Labute approximate surface area is 99.2 Å². The normalized spacial score (nSPS) is 11.1. The summed E-state index contributed by atoms with van der Waals surface area (Å²) in [5, 5.41) is 3.59. The Bertz CT molecular complexity index is 467. The van der Waals surface area contributed by atoms with Crippen LogP contribution >= 0.6 is 0 Å². The molecule has 0 aliphatic rings. The third-order valence-corrected chi connectivity index (χ3v) is 2.13. The number of carbonyl (C=O) groups is 2. The van der Waals surface area contributed by atoms with Gasteiger partial charge in [0.2, 0.25) is 0 Å². The van der Waals surface area contributed by atoms with Gasteiger partial charge in [-0.15, -0.1) is 0 Å². The first kappa shape index (κ1) is 12.9. The van der Waals surface area contributed by atoms with Crippen LogP contribution in [0.5, 0.6) is 0 Å². The van der Waals surface area contributed by atoms with Gasteiger partial charge in [-0.25, -0.2) is 0 Å². The fourth-order valence-corrected chi connectivity index (χ4v) is 1.49. The fraction of sp³-hybridized carbons (Fsp3) is 0.250. The van der Waals surface area contributed by atoms with E-state index in [1.165, 1.54) is 14.0 Å². The molecule has 0 unspecified atom stereocenters. The SMILES string of the molecule is CO/N=C(\C(N)=O)c1ccccc1CC(C)=O. The van der Waals surface area contributed by atoms with Crippen LogP contribution in [0.2, 0.25) is 0 Å². The van der Waals surface area contributed by atoms with Crippen molar-refractivity contribution in [2.24, 2.45) is 10.9 Å². The lowest BCUT2D eigenvalue weighted by Crippen LogP contribution is -2.26. The molecule has 0 saturated carbocycles. The van der Waals surface area contributed by atoms with Gasteiger partial charge in [0, 0.05) is 12.0 Å². The van der Waals surface area contributed by atoms with Crippen LogP contribution in [-0.2, 0) is 20.8 Å². The second-order valence-corrected chi connectivity index (χ2v) is 3.52. The van der Waals surface area contributed by atoms with Gasteiger partial charge >= 0.3 is 0 Å². The van der Waals surface area contributed by atoms with Crippen LogP contribution in [0.25, 0.3) is 0 Å². The molecule has 0 spiro atoms. The first-order valence-electron chi connectivity index (χ1n) is 5.05. The molecule has 5 nitrogen and oxygen atoms in total. The summed E-state index contributed by atoms with van der Waals surface area (Å²) in [5.74, 6) is -0.693. The maximum atomic E-state index is 11.3. The summed E-state index contributed by atoms with van der Waals surface area (Å²) in [7, 11) is 1.33. The molecule has 2 N–H and O–H groups in total. The highest BCUT2D eigenvalue weighted by Crippen LogP contribution is 2.11. The van der Waals surface area contributed by atoms with E-state index in [9.17, 15) is 9.59 Å². The van der Waals surface area contributed by atoms with Crippen molar-refractivity contribution in [3.63, 3.8) is 0 Å². The fourth-order valence-electron chi connectivity index (χ4n) is 1.49. The average molecular weight is 234 g/mol. The van der Waals surface area contributed by atoms with Gasteiger partial charge in [0.05, 0.1) is 0 Å². The first-order valence-corrected chi connectivity index (χ1v) is 5.05. The number of benzene rings is 1. The van der Waals surface area contributed by atoms with E-state index in [0.29, 0.717) is 11.1 Å². The van der Waals surface area contributed by atoms with Crippen molar-refractivity contribution in [3.05, 3.63) is 35.4 Å². The number of carbonyl (C=O) groups excluding carboxylic acids is 2. The molecule has 0 saturated heterocycles. The van der Waals surface area contributed by atoms with E-state index < -0.39 is 5.91 Å². The molecular weight excluding hydrogens is 220 g/mol. The number of rotatable bonds is 5. The third-order valence-electron chi connectivity index (χ3n) is 2.13. The molecule has 0 heterocycles. The van der Waals surface area contributed by atoms with Crippen molar-refractivity contribution in [1.29, 1.82) is 0 Å². The lowest BCUT2D eigenvalue weighted by Gasteiger charge is -2.07. The Balaban J connectivity index is 3.23. The molecule has 0 bridgehead atoms. The van der Waals surface area contributed by atoms with Gasteiger partial charge in [-0.2, -0.15) is 0 Å². The molecule has 1 aromatic carbocycles. The lowest BCUT2D eigenvalue weighted by atomic mass is 9.99. The number of nitrogens with two attached hydrogens (primary N) is 1. The Kier molecular flexibility index (Phi) is 4.39. The quantitative estimate of drug-likeness (QED) is 0.600. The van der Waals surface area contributed by atoms with Crippen LogP contribution in [0, 0.1) is 0 Å². The smallest absolute Gasteiger partial charge is 0.271 e. The standard InChI is InChI=1S/C12H14N2O3/c1-8(15)7-9-5-3-4-6-10(9)11(12(13)16)14-17-2/h3-6H,7H2,1-2H3,(H2,13,16)/b14-11-. The first-order chi connectivity index (χ1) is 8.06. The maximum Gasteiger partial charge on any atom is 0.271 e. The highest BCUT2D eigenvalue weighted by molar-refractivity contribution is 6.45. The molecule has 0 fully saturated rings. The minimum Gasteiger partial charge on any atom is -0.398 e. The average Bonchev–Trinajstić information content (AvgIpc) is 2.26. The number of hydrogen-bond acceptors (Lipinski definition) is 4. The monoisotopic (exact) mass is 234 g/mol. The van der Waals surface area contributed by atoms with Crippen molar-refractivity contribution in [2.45, 2.75) is 13.3 Å². The zero-order valence-electron chi connectivity index (χ0n) is 9.77. The molecule has 0 radical (unpaired) electrons. The van der Waals surface area contributed by atoms with Crippen molar-refractivity contribution >= 4 is 17.4 Å². The molecule has 90 valence electrons. The Hall–Kier alpha value is -2.17. The molecule has 17 heavy (non-hydrogen) atoms. The summed E-state index contributed by atoms with van der Waals surface area (Å²) in [6.07, 6.45) is 0.228. The van der Waals surface area contributed by atoms with E-state index in [-0.39, 0.29) is 17.9 Å². The zero-order chi connectivity index (χ0) is 12.8. The minimum absolute atomic E-state index is 0.00122. The van der Waals surface area contributed by atoms with Crippen LogP contribution in [-0.4, -0.2) is 24.5 Å². The van der Waals surface area contributed by atoms with Gasteiger partial charge in [-0.05, 0) is 12.5 Å². The molecule has 0 aliphatic carbocycles. The van der Waals surface area contributed by atoms with E-state index in [1.807, 2.05) is 0 Å². The molecule has 0 atom stereocenters. The van der Waals surface area contributed by atoms with E-state index >= 15 is 0 Å². The minimum atomic E-state index is -0.692. The summed E-state index contributed by atoms with van der Waals surface area (Å²) < 4.78 is 0. The van der Waals surface area contributed by atoms with Crippen molar-refractivity contribution in [2.75, 3.05) is 7.11 Å². The molecular formula is C12H14N2O3. The number of amides is 1. The maximum absolute atomic E-state index is 11.3. The van der Waals surface area contributed by atoms with Gasteiger partial charge in [-0.1, -0.05) is 29.4 Å². The number of oxime groups is 1. The number of ketones is 1. The number of Topliss-reactive ketones (excluding diaryl/α,β-unsaturated/α-hetero) is 1. The molecule has 1 aromatic rings. The van der Waals surface area contributed by atoms with E-state index in [1.54, 1.807) is 24.3 Å². The predicted octanol–water partition coefficient (Wildman–Crippen LogP) is 0.654. The van der Waals surface area contributed by atoms with Crippen LogP contribution in [0.4, 0.5) is 0 Å². The van der Waals surface area contributed by atoms with Crippen LogP contribution in [0.1, 0.15) is 18.1 Å². The van der Waals surface area contributed by atoms with Crippen molar-refractivity contribution < 1.29 is 14.4 Å². The zero-order valence-corrected chi connectivity index (χ0v) is 9.77. The molecule has 1 rings (SSSR count). The lowest BCUT2D eigenvalue weighted by molar-refractivity contribution is -0.116. The largest absolute Gasteiger partial charge is 0.398 e. The Morgan fingerprint density at radius 2 is 2.00 bits per heavy atom. The summed E-state index contributed by atoms with van der Waals surface area (Å²) in [4.78, 5) is 27.0. The van der Waals surface area contributed by atoms with Gasteiger partial charge in [0.25, 0.3) is 5.91 Å². The van der Waals surface area contributed by atoms with Gasteiger partial charge < -0.3 is 10.6 Å². The van der Waals surface area contributed by atoms with Gasteiger partial charge in [0.1, 0.15) is 12.9 Å². The third kappa shape index (κ3) is 3.41. The van der Waals surface area contributed by atoms with E-state index in [4.69, 9.17) is 5.73 Å². The summed E-state index contributed by atoms with van der Waals surface area (Å²) in [6, 6.07) is 6.96. The second kappa shape index (κ2) is 5.79. The van der Waals surface area contributed by atoms with Crippen molar-refractivity contribution in [1.82, 2.24) is 0 Å². The van der Waals surface area contributed by atoms with E-state index in [2.05, 4.69) is 9.99 Å². The summed E-state index contributed by atoms with van der Waals surface area (Å²) in [6.45, 7) is 1.48. The number of nitrogens with zero attached hydrogens (tertiary/aromatic N) is 1. The van der Waals surface area contributed by atoms with Gasteiger partial charge in [0.15, 0.2) is 5.71 Å². The Morgan fingerprint density at radius 3 is 2.53 bits per heavy atom. The van der Waals surface area contributed by atoms with Crippen LogP contribution in [0.15, 0.2) is 29.4 Å². The second-order valence-electron chi connectivity index (χ2n) is 3.52. The number of primary amides is 1. The number of hydrogen-bond donors (Lipinski definition) is 1. The molecule has 0 aliphatic heterocycles. The molecule has 5 heteroatoms. The highest BCUT2D eigenvalue weighted by atomic mass is 16.6. The predicted molar refractivity (Wildman–Crippen MR) is 63.6 cm³/mol. The van der Waals surface area contributed by atoms with Crippen LogP contribution in [0.3, 0.4) is 0 Å². The summed E-state index contributed by atoms with van der Waals surface area (Å²) in [5.41, 5.74) is 6.47. The molecule has 1 amide bonds. The topological polar surface area (TPSA) is 81.8 Å². The van der Waals surface area contributed by atoms with Crippen molar-refractivity contribution in [3.8, 4) is 0 Å². The van der Waals surface area contributed by atoms with E-state index in [0.717, 1.165) is 0 Å². The van der Waals surface area contributed by atoms with Gasteiger partial charge in [-0.3, -0.25) is 9.59 Å². The molecule has 0 aromatic heterocycles. The summed E-state index contributed by atoms with van der Waals surface area (Å²) >= 11 is 0. The van der Waals surface area contributed by atoms with Crippen LogP contribution < -0.4 is 5.73 Å².